The van der Waals surface area contributed by atoms with Crippen LogP contribution < -0.4 is 5.73 Å². The van der Waals surface area contributed by atoms with Gasteiger partial charge < -0.3 is 5.73 Å². The van der Waals surface area contributed by atoms with Crippen LogP contribution in [0.25, 0.3) is 5.70 Å². The molecule has 0 bridgehead atoms. The largest absolute Gasteiger partial charge is 0.398 e. The van der Waals surface area contributed by atoms with E-state index in [1.165, 1.54) is 5.56 Å². The molecule has 0 aliphatic heterocycles. The van der Waals surface area contributed by atoms with Gasteiger partial charge in [0.15, 0.2) is 0 Å². The maximum absolute atomic E-state index is 6.78. The third-order valence-corrected chi connectivity index (χ3v) is 4.96. The third kappa shape index (κ3) is 4.73. The molecule has 2 nitrogen and oxygen atoms in total. The molecule has 4 aromatic rings. The van der Waals surface area contributed by atoms with Gasteiger partial charge in [0.2, 0.25) is 0 Å². The van der Waals surface area contributed by atoms with Crippen molar-refractivity contribution in [3.05, 3.63) is 144 Å². The molecule has 4 rings (SSSR count). The minimum absolute atomic E-state index is 0.697. The minimum atomic E-state index is 0.697. The molecule has 0 aliphatic rings. The molecule has 0 atom stereocenters. The van der Waals surface area contributed by atoms with Crippen LogP contribution in [0.15, 0.2) is 132 Å². The fourth-order valence-corrected chi connectivity index (χ4v) is 3.43. The first-order valence-corrected chi connectivity index (χ1v) is 10.1. The summed E-state index contributed by atoms with van der Waals surface area (Å²) in [5, 5.41) is 0. The maximum atomic E-state index is 6.78. The van der Waals surface area contributed by atoms with E-state index in [1.807, 2.05) is 84.9 Å². The third-order valence-electron chi connectivity index (χ3n) is 4.96. The lowest BCUT2D eigenvalue weighted by Gasteiger charge is -2.16. The molecule has 0 saturated carbocycles. The van der Waals surface area contributed by atoms with Gasteiger partial charge in [-0.2, -0.15) is 0 Å². The number of rotatable bonds is 6. The second-order valence-corrected chi connectivity index (χ2v) is 7.08. The highest BCUT2D eigenvalue weighted by Gasteiger charge is 2.16. The average Bonchev–Trinajstić information content (AvgIpc) is 2.83. The Labute approximate surface area is 178 Å². The quantitative estimate of drug-likeness (QED) is 0.380. The number of aliphatic imine (C=N–C) groups is 1. The second kappa shape index (κ2) is 9.53. The molecule has 0 amide bonds. The van der Waals surface area contributed by atoms with Gasteiger partial charge in [-0.15, -0.1) is 0 Å². The number of allylic oxidation sites excluding steroid dienone is 1. The molecule has 0 fully saturated rings. The van der Waals surface area contributed by atoms with E-state index >= 15 is 0 Å². The Kier molecular flexibility index (Phi) is 6.16. The lowest BCUT2D eigenvalue weighted by atomic mass is 9.92. The first kappa shape index (κ1) is 19.4. The average molecular weight is 389 g/mol. The van der Waals surface area contributed by atoms with Gasteiger partial charge >= 0.3 is 0 Å². The summed E-state index contributed by atoms with van der Waals surface area (Å²) in [6.45, 7) is 0. The Morgan fingerprint density at radius 1 is 0.567 bits per heavy atom. The van der Waals surface area contributed by atoms with Crippen LogP contribution in [0.5, 0.6) is 0 Å². The minimum Gasteiger partial charge on any atom is -0.398 e. The van der Waals surface area contributed by atoms with Crippen molar-refractivity contribution in [2.24, 2.45) is 10.7 Å². The second-order valence-electron chi connectivity index (χ2n) is 7.08. The van der Waals surface area contributed by atoms with Crippen LogP contribution in [-0.4, -0.2) is 5.71 Å². The number of nitrogens with two attached hydrogens (primary N) is 1. The van der Waals surface area contributed by atoms with Gasteiger partial charge in [0.05, 0.1) is 11.4 Å². The molecule has 0 spiro atoms. The maximum Gasteiger partial charge on any atom is 0.0765 e. The Balaban J connectivity index is 1.92. The van der Waals surface area contributed by atoms with Gasteiger partial charge in [-0.25, -0.2) is 4.99 Å². The normalized spacial score (nSPS) is 12.3. The summed E-state index contributed by atoms with van der Waals surface area (Å²) in [6.07, 6.45) is 0.697. The van der Waals surface area contributed by atoms with Crippen LogP contribution in [0.1, 0.15) is 16.7 Å². The lowest BCUT2D eigenvalue weighted by Crippen LogP contribution is -2.14. The predicted octanol–water partition coefficient (Wildman–Crippen LogP) is 6.42. The predicted molar refractivity (Wildman–Crippen MR) is 127 cm³/mol. The molecule has 2 heteroatoms. The standard InChI is InChI=1S/C28H24N2/c29-27(23-15-7-2-8-16-23)26(21-22-13-5-1-6-14-22)28(24-17-9-3-10-18-24)30-25-19-11-4-12-20-25/h1-20H,21,29H2/b27-26+,30-28?. The number of hydrogen-bond acceptors (Lipinski definition) is 2. The molecule has 0 radical (unpaired) electrons. The van der Waals surface area contributed by atoms with E-state index in [0.717, 1.165) is 33.8 Å². The molecule has 0 heterocycles. The molecule has 0 saturated heterocycles. The summed E-state index contributed by atoms with van der Waals surface area (Å²) in [4.78, 5) is 5.05. The van der Waals surface area contributed by atoms with Gasteiger partial charge in [0.1, 0.15) is 0 Å². The van der Waals surface area contributed by atoms with Crippen LogP contribution in [0, 0.1) is 0 Å². The topological polar surface area (TPSA) is 38.4 Å². The van der Waals surface area contributed by atoms with Gasteiger partial charge in [-0.3, -0.25) is 0 Å². The van der Waals surface area contributed by atoms with Crippen molar-refractivity contribution in [2.45, 2.75) is 6.42 Å². The van der Waals surface area contributed by atoms with E-state index < -0.39 is 0 Å². The molecule has 0 unspecified atom stereocenters. The molecule has 0 aliphatic carbocycles. The summed E-state index contributed by atoms with van der Waals surface area (Å²) >= 11 is 0. The van der Waals surface area contributed by atoms with Gasteiger partial charge in [0.25, 0.3) is 0 Å². The first-order chi connectivity index (χ1) is 14.8. The van der Waals surface area contributed by atoms with Crippen LogP contribution in [0.3, 0.4) is 0 Å². The smallest absolute Gasteiger partial charge is 0.0765 e. The summed E-state index contributed by atoms with van der Waals surface area (Å²) in [7, 11) is 0. The Morgan fingerprint density at radius 3 is 1.60 bits per heavy atom. The van der Waals surface area contributed by atoms with E-state index in [-0.39, 0.29) is 0 Å². The van der Waals surface area contributed by atoms with Crippen molar-refractivity contribution in [2.75, 3.05) is 0 Å². The molecule has 30 heavy (non-hydrogen) atoms. The van der Waals surface area contributed by atoms with Gasteiger partial charge in [-0.05, 0) is 23.3 Å². The number of para-hydroxylation sites is 1. The van der Waals surface area contributed by atoms with Crippen LogP contribution in [-0.2, 0) is 6.42 Å². The van der Waals surface area contributed by atoms with E-state index in [2.05, 4.69) is 36.4 Å². The number of nitrogens with zero attached hydrogens (tertiary/aromatic N) is 1. The number of benzene rings is 4. The molecule has 146 valence electrons. The van der Waals surface area contributed by atoms with Crippen LogP contribution in [0.2, 0.25) is 0 Å². The van der Waals surface area contributed by atoms with Crippen molar-refractivity contribution in [1.82, 2.24) is 0 Å². The molecule has 4 aromatic carbocycles. The zero-order chi connectivity index (χ0) is 20.6. The molecular formula is C28H24N2. The molecule has 0 aromatic heterocycles. The van der Waals surface area contributed by atoms with Crippen molar-refractivity contribution in [3.63, 3.8) is 0 Å². The fraction of sp³-hybridized carbons (Fsp3) is 0.0357. The highest BCUT2D eigenvalue weighted by atomic mass is 14.8. The zero-order valence-corrected chi connectivity index (χ0v) is 16.8. The Hall–Kier alpha value is -3.91. The molecule has 2 N–H and O–H groups in total. The van der Waals surface area contributed by atoms with Gasteiger partial charge in [-0.1, -0.05) is 109 Å². The summed E-state index contributed by atoms with van der Waals surface area (Å²) in [6, 6.07) is 40.8. The Bertz CT molecular complexity index is 1130. The zero-order valence-electron chi connectivity index (χ0n) is 16.8. The summed E-state index contributed by atoms with van der Waals surface area (Å²) in [5.41, 5.74) is 13.6. The monoisotopic (exact) mass is 388 g/mol. The SMILES string of the molecule is N/C(=C(\Cc1ccccc1)C(=Nc1ccccc1)c1ccccc1)c1ccccc1. The lowest BCUT2D eigenvalue weighted by molar-refractivity contribution is 1.20. The van der Waals surface area contributed by atoms with E-state index in [9.17, 15) is 0 Å². The number of hydrogen-bond donors (Lipinski definition) is 1. The first-order valence-electron chi connectivity index (χ1n) is 10.1. The van der Waals surface area contributed by atoms with Crippen LogP contribution in [0.4, 0.5) is 5.69 Å². The summed E-state index contributed by atoms with van der Waals surface area (Å²) in [5.74, 6) is 0. The summed E-state index contributed by atoms with van der Waals surface area (Å²) < 4.78 is 0. The van der Waals surface area contributed by atoms with Crippen molar-refractivity contribution >= 4 is 17.1 Å². The van der Waals surface area contributed by atoms with Crippen molar-refractivity contribution in [3.8, 4) is 0 Å². The molecular weight excluding hydrogens is 364 g/mol. The van der Waals surface area contributed by atoms with E-state index in [1.54, 1.807) is 0 Å². The highest BCUT2D eigenvalue weighted by molar-refractivity contribution is 6.17. The Morgan fingerprint density at radius 2 is 1.03 bits per heavy atom. The highest BCUT2D eigenvalue weighted by Crippen LogP contribution is 2.25. The van der Waals surface area contributed by atoms with E-state index in [0.29, 0.717) is 6.42 Å². The van der Waals surface area contributed by atoms with Crippen molar-refractivity contribution < 1.29 is 0 Å². The van der Waals surface area contributed by atoms with Crippen molar-refractivity contribution in [1.29, 1.82) is 0 Å². The van der Waals surface area contributed by atoms with Gasteiger partial charge in [0, 0.05) is 23.3 Å². The van der Waals surface area contributed by atoms with E-state index in [4.69, 9.17) is 10.7 Å². The van der Waals surface area contributed by atoms with Crippen LogP contribution >= 0.6 is 0 Å². The fourth-order valence-electron chi connectivity index (χ4n) is 3.43.